The number of hydrogen-bond donors (Lipinski definition) is 2. The first-order chi connectivity index (χ1) is 13.9. The molecule has 0 aromatic heterocycles. The molecule has 0 bridgehead atoms. The number of rotatable bonds is 8. The number of hydrogen-bond acceptors (Lipinski definition) is 6. The lowest BCUT2D eigenvalue weighted by Gasteiger charge is -2.34. The zero-order valence-corrected chi connectivity index (χ0v) is 19.1. The molecule has 1 aromatic carbocycles. The van der Waals surface area contributed by atoms with Crippen LogP contribution < -0.4 is 20.3 Å². The van der Waals surface area contributed by atoms with E-state index in [2.05, 4.69) is 72.5 Å². The van der Waals surface area contributed by atoms with E-state index in [4.69, 9.17) is 9.73 Å². The lowest BCUT2D eigenvalue weighted by Crippen LogP contribution is -2.44. The molecular formula is C23H37N5O. The van der Waals surface area contributed by atoms with Crippen molar-refractivity contribution in [1.29, 1.82) is 0 Å². The van der Waals surface area contributed by atoms with Crippen molar-refractivity contribution in [2.45, 2.75) is 34.1 Å². The Hall–Kier alpha value is -2.47. The minimum absolute atomic E-state index is 0.829. The molecule has 0 radical (unpaired) electrons. The highest BCUT2D eigenvalue weighted by Crippen LogP contribution is 2.31. The molecule has 0 atom stereocenters. The minimum Gasteiger partial charge on any atom is -0.494 e. The molecule has 29 heavy (non-hydrogen) atoms. The van der Waals surface area contributed by atoms with Crippen LogP contribution in [-0.2, 0) is 0 Å². The number of benzene rings is 1. The molecule has 0 amide bonds. The summed E-state index contributed by atoms with van der Waals surface area (Å²) in [6, 6.07) is 6.36. The van der Waals surface area contributed by atoms with Gasteiger partial charge in [-0.1, -0.05) is 6.92 Å². The zero-order chi connectivity index (χ0) is 21.4. The average molecular weight is 400 g/mol. The van der Waals surface area contributed by atoms with Gasteiger partial charge in [0, 0.05) is 56.4 Å². The van der Waals surface area contributed by atoms with E-state index in [1.54, 1.807) is 7.11 Å². The first-order valence-corrected chi connectivity index (χ1v) is 10.4. The van der Waals surface area contributed by atoms with E-state index in [-0.39, 0.29) is 0 Å². The summed E-state index contributed by atoms with van der Waals surface area (Å²) in [5.41, 5.74) is 5.38. The third-order valence-electron chi connectivity index (χ3n) is 5.48. The summed E-state index contributed by atoms with van der Waals surface area (Å²) >= 11 is 0. The van der Waals surface area contributed by atoms with Crippen molar-refractivity contribution >= 4 is 17.1 Å². The Morgan fingerprint density at radius 3 is 2.45 bits per heavy atom. The average Bonchev–Trinajstić information content (AvgIpc) is 2.73. The molecule has 6 nitrogen and oxygen atoms in total. The van der Waals surface area contributed by atoms with Crippen LogP contribution in [-0.4, -0.2) is 58.0 Å². The number of likely N-dealkylation sites (N-methyl/N-ethyl adjacent to an activating group) is 1. The summed E-state index contributed by atoms with van der Waals surface area (Å²) in [5.74, 6) is 1.66. The van der Waals surface area contributed by atoms with E-state index < -0.39 is 0 Å². The minimum atomic E-state index is 0.829. The topological polar surface area (TPSA) is 52.1 Å². The van der Waals surface area contributed by atoms with Crippen molar-refractivity contribution in [1.82, 2.24) is 10.2 Å². The monoisotopic (exact) mass is 399 g/mol. The van der Waals surface area contributed by atoms with Crippen molar-refractivity contribution in [2.24, 2.45) is 4.99 Å². The van der Waals surface area contributed by atoms with Crippen LogP contribution in [0.1, 0.15) is 34.1 Å². The fraction of sp³-hybridized carbons (Fsp3) is 0.522. The highest BCUT2D eigenvalue weighted by molar-refractivity contribution is 5.99. The Morgan fingerprint density at radius 2 is 1.86 bits per heavy atom. The van der Waals surface area contributed by atoms with Gasteiger partial charge in [-0.25, -0.2) is 4.99 Å². The number of nitrogens with zero attached hydrogens (tertiary/aromatic N) is 3. The third-order valence-corrected chi connectivity index (χ3v) is 5.48. The van der Waals surface area contributed by atoms with Gasteiger partial charge in [0.1, 0.15) is 11.6 Å². The Labute approximate surface area is 176 Å². The first-order valence-electron chi connectivity index (χ1n) is 10.4. The molecule has 1 saturated heterocycles. The third kappa shape index (κ3) is 6.26. The molecule has 0 unspecified atom stereocenters. The molecule has 1 aliphatic heterocycles. The highest BCUT2D eigenvalue weighted by Gasteiger charge is 2.16. The molecule has 0 aliphatic carbocycles. The first kappa shape index (κ1) is 22.8. The quantitative estimate of drug-likeness (QED) is 0.645. The summed E-state index contributed by atoms with van der Waals surface area (Å²) in [5, 5.41) is 6.65. The van der Waals surface area contributed by atoms with Crippen molar-refractivity contribution in [3.63, 3.8) is 0 Å². The van der Waals surface area contributed by atoms with Crippen molar-refractivity contribution in [3.05, 3.63) is 41.4 Å². The van der Waals surface area contributed by atoms with Gasteiger partial charge in [-0.05, 0) is 58.0 Å². The fourth-order valence-corrected chi connectivity index (χ4v) is 3.22. The van der Waals surface area contributed by atoms with Gasteiger partial charge in [0.25, 0.3) is 0 Å². The summed E-state index contributed by atoms with van der Waals surface area (Å²) in [7, 11) is 5.82. The van der Waals surface area contributed by atoms with Gasteiger partial charge < -0.3 is 25.2 Å². The predicted molar refractivity (Wildman–Crippen MR) is 125 cm³/mol. The van der Waals surface area contributed by atoms with E-state index in [0.717, 1.165) is 66.8 Å². The van der Waals surface area contributed by atoms with E-state index in [1.165, 1.54) is 5.69 Å². The molecule has 0 spiro atoms. The van der Waals surface area contributed by atoms with Crippen LogP contribution >= 0.6 is 0 Å². The van der Waals surface area contributed by atoms with Crippen LogP contribution in [0.2, 0.25) is 0 Å². The molecular weight excluding hydrogens is 362 g/mol. The second kappa shape index (κ2) is 10.9. The SMILES string of the molecule is CC/C=C(/N=C(C)\C(C)=C(/C)NC)Nc1ccc(N2CCN(C)CC2)cc1OC. The lowest BCUT2D eigenvalue weighted by atomic mass is 10.1. The smallest absolute Gasteiger partial charge is 0.144 e. The summed E-state index contributed by atoms with van der Waals surface area (Å²) < 4.78 is 5.69. The second-order valence-electron chi connectivity index (χ2n) is 7.49. The maximum absolute atomic E-state index is 5.69. The maximum atomic E-state index is 5.69. The molecule has 1 fully saturated rings. The van der Waals surface area contributed by atoms with E-state index >= 15 is 0 Å². The predicted octanol–water partition coefficient (Wildman–Crippen LogP) is 4.08. The Kier molecular flexibility index (Phi) is 8.58. The molecule has 1 aliphatic rings. The van der Waals surface area contributed by atoms with Crippen molar-refractivity contribution < 1.29 is 4.74 Å². The van der Waals surface area contributed by atoms with Gasteiger partial charge in [0.15, 0.2) is 0 Å². The number of aliphatic imine (C=N–C) groups is 1. The number of piperazine rings is 1. The summed E-state index contributed by atoms with van der Waals surface area (Å²) in [4.78, 5) is 9.59. The molecule has 160 valence electrons. The number of nitrogens with one attached hydrogen (secondary N) is 2. The van der Waals surface area contributed by atoms with Crippen LogP contribution in [0.3, 0.4) is 0 Å². The van der Waals surface area contributed by atoms with Crippen LogP contribution in [0.15, 0.2) is 46.4 Å². The van der Waals surface area contributed by atoms with E-state index in [0.29, 0.717) is 0 Å². The van der Waals surface area contributed by atoms with Crippen molar-refractivity contribution in [2.75, 3.05) is 57.6 Å². The van der Waals surface area contributed by atoms with E-state index in [9.17, 15) is 0 Å². The normalized spacial score (nSPS) is 17.1. The molecule has 6 heteroatoms. The van der Waals surface area contributed by atoms with Gasteiger partial charge in [-0.2, -0.15) is 0 Å². The van der Waals surface area contributed by atoms with E-state index in [1.807, 2.05) is 14.0 Å². The number of methoxy groups -OCH3 is 1. The Morgan fingerprint density at radius 1 is 1.17 bits per heavy atom. The largest absolute Gasteiger partial charge is 0.494 e. The fourth-order valence-electron chi connectivity index (χ4n) is 3.22. The molecule has 2 rings (SSSR count). The number of ether oxygens (including phenoxy) is 1. The standard InChI is InChI=1S/C23H37N5O/c1-8-9-23(25-19(4)17(2)18(3)24-5)26-21-11-10-20(16-22(21)29-7)28-14-12-27(6)13-15-28/h9-11,16,24,26H,8,12-15H2,1-7H3/b18-17+,23-9-,25-19-. The molecule has 1 aromatic rings. The van der Waals surface area contributed by atoms with Gasteiger partial charge in [0.05, 0.1) is 12.8 Å². The van der Waals surface area contributed by atoms with Gasteiger partial charge in [-0.3, -0.25) is 0 Å². The van der Waals surface area contributed by atoms with Crippen LogP contribution in [0.5, 0.6) is 5.75 Å². The van der Waals surface area contributed by atoms with Gasteiger partial charge >= 0.3 is 0 Å². The maximum Gasteiger partial charge on any atom is 0.144 e. The summed E-state index contributed by atoms with van der Waals surface area (Å²) in [6.07, 6.45) is 2.99. The number of allylic oxidation sites excluding steroid dienone is 3. The molecule has 1 heterocycles. The van der Waals surface area contributed by atoms with Gasteiger partial charge in [0.2, 0.25) is 0 Å². The van der Waals surface area contributed by atoms with Crippen LogP contribution in [0.4, 0.5) is 11.4 Å². The van der Waals surface area contributed by atoms with Gasteiger partial charge in [-0.15, -0.1) is 0 Å². The lowest BCUT2D eigenvalue weighted by molar-refractivity contribution is 0.312. The molecule has 2 N–H and O–H groups in total. The molecule has 0 saturated carbocycles. The van der Waals surface area contributed by atoms with Crippen LogP contribution in [0.25, 0.3) is 0 Å². The zero-order valence-electron chi connectivity index (χ0n) is 19.1. The van der Waals surface area contributed by atoms with Crippen molar-refractivity contribution in [3.8, 4) is 5.75 Å². The second-order valence-corrected chi connectivity index (χ2v) is 7.49. The van der Waals surface area contributed by atoms with Crippen LogP contribution in [0, 0.1) is 0 Å². The highest BCUT2D eigenvalue weighted by atomic mass is 16.5. The Balaban J connectivity index is 2.24. The Bertz CT molecular complexity index is 773. The number of anilines is 2. The summed E-state index contributed by atoms with van der Waals surface area (Å²) in [6.45, 7) is 12.5.